The van der Waals surface area contributed by atoms with Crippen LogP contribution in [0.3, 0.4) is 0 Å². The van der Waals surface area contributed by atoms with Crippen LogP contribution in [0.1, 0.15) is 33.6 Å². The highest BCUT2D eigenvalue weighted by Crippen LogP contribution is 2.29. The van der Waals surface area contributed by atoms with Crippen molar-refractivity contribution in [1.29, 1.82) is 0 Å². The number of piperidine rings is 1. The highest BCUT2D eigenvalue weighted by atomic mass is 16.6. The lowest BCUT2D eigenvalue weighted by molar-refractivity contribution is -0.0838. The molecule has 0 spiro atoms. The van der Waals surface area contributed by atoms with Crippen molar-refractivity contribution in [2.45, 2.75) is 57.3 Å². The van der Waals surface area contributed by atoms with E-state index in [4.69, 9.17) is 9.47 Å². The predicted octanol–water partition coefficient (Wildman–Crippen LogP) is 1.37. The second-order valence-corrected chi connectivity index (χ2v) is 6.19. The van der Waals surface area contributed by atoms with Crippen LogP contribution in [0.5, 0.6) is 0 Å². The minimum Gasteiger partial charge on any atom is -0.444 e. The number of carbonyl (C=O) groups excluding carboxylic acids is 1. The molecule has 1 amide bonds. The van der Waals surface area contributed by atoms with Crippen LogP contribution in [-0.4, -0.2) is 55.0 Å². The van der Waals surface area contributed by atoms with Crippen LogP contribution in [0.4, 0.5) is 4.79 Å². The van der Waals surface area contributed by atoms with E-state index in [2.05, 4.69) is 5.32 Å². The van der Waals surface area contributed by atoms with E-state index in [-0.39, 0.29) is 18.2 Å². The molecule has 3 atom stereocenters. The van der Waals surface area contributed by atoms with Crippen LogP contribution in [0.2, 0.25) is 0 Å². The molecule has 2 heterocycles. The zero-order valence-corrected chi connectivity index (χ0v) is 11.7. The number of morpholine rings is 1. The van der Waals surface area contributed by atoms with Crippen molar-refractivity contribution in [2.24, 2.45) is 0 Å². The summed E-state index contributed by atoms with van der Waals surface area (Å²) in [6.07, 6.45) is 1.67. The van der Waals surface area contributed by atoms with Gasteiger partial charge >= 0.3 is 6.09 Å². The molecular formula is C13H24N2O3. The van der Waals surface area contributed by atoms with Gasteiger partial charge in [-0.2, -0.15) is 0 Å². The van der Waals surface area contributed by atoms with Gasteiger partial charge < -0.3 is 14.8 Å². The lowest BCUT2D eigenvalue weighted by Gasteiger charge is -2.48. The fourth-order valence-electron chi connectivity index (χ4n) is 2.76. The molecule has 2 aliphatic rings. The fourth-order valence-corrected chi connectivity index (χ4v) is 2.76. The molecule has 5 nitrogen and oxygen atoms in total. The first kappa shape index (κ1) is 13.6. The van der Waals surface area contributed by atoms with Crippen LogP contribution >= 0.6 is 0 Å². The van der Waals surface area contributed by atoms with Gasteiger partial charge in [0.2, 0.25) is 0 Å². The van der Waals surface area contributed by atoms with Gasteiger partial charge in [-0.15, -0.1) is 0 Å². The molecule has 2 saturated heterocycles. The van der Waals surface area contributed by atoms with Crippen LogP contribution in [0.15, 0.2) is 0 Å². The van der Waals surface area contributed by atoms with Crippen LogP contribution in [0, 0.1) is 0 Å². The van der Waals surface area contributed by atoms with Gasteiger partial charge in [-0.1, -0.05) is 0 Å². The number of fused-ring (bicyclic) bond motifs is 2. The molecule has 18 heavy (non-hydrogen) atoms. The summed E-state index contributed by atoms with van der Waals surface area (Å²) in [6.45, 7) is 6.94. The van der Waals surface area contributed by atoms with Gasteiger partial charge in [-0.3, -0.25) is 4.90 Å². The lowest BCUT2D eigenvalue weighted by atomic mass is 9.90. The first-order valence-corrected chi connectivity index (χ1v) is 6.67. The quantitative estimate of drug-likeness (QED) is 0.770. The van der Waals surface area contributed by atoms with Crippen molar-refractivity contribution in [1.82, 2.24) is 10.2 Å². The molecule has 1 N–H and O–H groups in total. The smallest absolute Gasteiger partial charge is 0.410 e. The van der Waals surface area contributed by atoms with E-state index in [1.54, 1.807) is 0 Å². The van der Waals surface area contributed by atoms with Crippen molar-refractivity contribution in [3.63, 3.8) is 0 Å². The Kier molecular flexibility index (Phi) is 3.82. The fraction of sp³-hybridized carbons (Fsp3) is 0.923. The summed E-state index contributed by atoms with van der Waals surface area (Å²) in [4.78, 5) is 14.1. The number of nitrogens with zero attached hydrogens (tertiary/aromatic N) is 1. The summed E-state index contributed by atoms with van der Waals surface area (Å²) in [5.41, 5.74) is -0.438. The number of nitrogens with one attached hydrogen (secondary N) is 1. The van der Waals surface area contributed by atoms with Gasteiger partial charge in [-0.05, 0) is 40.7 Å². The Morgan fingerprint density at radius 1 is 1.28 bits per heavy atom. The highest BCUT2D eigenvalue weighted by Gasteiger charge is 2.42. The Hall–Kier alpha value is -0.810. The molecule has 0 aromatic heterocycles. The molecule has 2 bridgehead atoms. The largest absolute Gasteiger partial charge is 0.444 e. The van der Waals surface area contributed by atoms with Gasteiger partial charge in [0, 0.05) is 6.04 Å². The Bertz CT molecular complexity index is 300. The van der Waals surface area contributed by atoms with Gasteiger partial charge in [0.15, 0.2) is 0 Å². The van der Waals surface area contributed by atoms with Crippen molar-refractivity contribution >= 4 is 6.09 Å². The number of hydrogen-bond donors (Lipinski definition) is 1. The molecule has 0 aromatic carbocycles. The average molecular weight is 256 g/mol. The molecule has 5 heteroatoms. The third-order valence-corrected chi connectivity index (χ3v) is 3.53. The number of hydrogen-bond acceptors (Lipinski definition) is 4. The monoisotopic (exact) mass is 256 g/mol. The number of amides is 1. The van der Waals surface area contributed by atoms with Crippen molar-refractivity contribution in [3.05, 3.63) is 0 Å². The Balaban J connectivity index is 2.06. The highest BCUT2D eigenvalue weighted by molar-refractivity contribution is 5.69. The summed E-state index contributed by atoms with van der Waals surface area (Å²) in [6, 6.07) is 0.761. The molecule has 104 valence electrons. The molecule has 2 aliphatic heterocycles. The third-order valence-electron chi connectivity index (χ3n) is 3.53. The van der Waals surface area contributed by atoms with E-state index in [1.807, 2.05) is 32.7 Å². The van der Waals surface area contributed by atoms with Crippen LogP contribution < -0.4 is 5.32 Å². The second-order valence-electron chi connectivity index (χ2n) is 6.19. The average Bonchev–Trinajstić information content (AvgIpc) is 2.24. The minimum atomic E-state index is -0.438. The SMILES string of the molecule is CNC1C[C@H]2COC[C@@H](C1)N2C(=O)OC(C)(C)C. The van der Waals surface area contributed by atoms with Crippen LogP contribution in [-0.2, 0) is 9.47 Å². The number of ether oxygens (including phenoxy) is 2. The molecule has 0 aliphatic carbocycles. The number of rotatable bonds is 1. The summed E-state index contributed by atoms with van der Waals surface area (Å²) in [5, 5.41) is 3.31. The molecule has 0 aromatic rings. The van der Waals surface area contributed by atoms with Crippen molar-refractivity contribution < 1.29 is 14.3 Å². The molecule has 1 unspecified atom stereocenters. The topological polar surface area (TPSA) is 50.8 Å². The van der Waals surface area contributed by atoms with E-state index in [1.165, 1.54) is 0 Å². The predicted molar refractivity (Wildman–Crippen MR) is 68.5 cm³/mol. The van der Waals surface area contributed by atoms with E-state index in [0.717, 1.165) is 12.8 Å². The zero-order valence-electron chi connectivity index (χ0n) is 11.7. The Labute approximate surface area is 109 Å². The van der Waals surface area contributed by atoms with Gasteiger partial charge in [0.05, 0.1) is 25.3 Å². The summed E-state index contributed by atoms with van der Waals surface area (Å²) < 4.78 is 11.1. The van der Waals surface area contributed by atoms with E-state index < -0.39 is 5.60 Å². The Morgan fingerprint density at radius 3 is 2.28 bits per heavy atom. The summed E-state index contributed by atoms with van der Waals surface area (Å²) in [7, 11) is 1.98. The second kappa shape index (κ2) is 5.05. The lowest BCUT2D eigenvalue weighted by Crippen LogP contribution is -2.62. The number of carbonyl (C=O) groups is 1. The molecule has 0 radical (unpaired) electrons. The van der Waals surface area contributed by atoms with E-state index >= 15 is 0 Å². The summed E-state index contributed by atoms with van der Waals surface area (Å²) >= 11 is 0. The summed E-state index contributed by atoms with van der Waals surface area (Å²) in [5.74, 6) is 0. The normalized spacial score (nSPS) is 32.2. The zero-order chi connectivity index (χ0) is 13.3. The standard InChI is InChI=1S/C13H24N2O3/c1-13(2,3)18-12(16)15-10-5-9(14-4)6-11(15)8-17-7-10/h9-11,14H,5-8H2,1-4H3/t9?,10-,11+. The van der Waals surface area contributed by atoms with Crippen LogP contribution in [0.25, 0.3) is 0 Å². The first-order chi connectivity index (χ1) is 8.40. The maximum Gasteiger partial charge on any atom is 0.410 e. The maximum absolute atomic E-state index is 12.3. The van der Waals surface area contributed by atoms with Gasteiger partial charge in [0.25, 0.3) is 0 Å². The molecular weight excluding hydrogens is 232 g/mol. The maximum atomic E-state index is 12.3. The minimum absolute atomic E-state index is 0.143. The molecule has 0 saturated carbocycles. The van der Waals surface area contributed by atoms with Crippen molar-refractivity contribution in [2.75, 3.05) is 20.3 Å². The third kappa shape index (κ3) is 2.95. The van der Waals surface area contributed by atoms with Gasteiger partial charge in [-0.25, -0.2) is 4.79 Å². The first-order valence-electron chi connectivity index (χ1n) is 6.67. The Morgan fingerprint density at radius 2 is 1.83 bits per heavy atom. The molecule has 2 fully saturated rings. The van der Waals surface area contributed by atoms with Crippen molar-refractivity contribution in [3.8, 4) is 0 Å². The van der Waals surface area contributed by atoms with E-state index in [0.29, 0.717) is 19.3 Å². The van der Waals surface area contributed by atoms with E-state index in [9.17, 15) is 4.79 Å². The van der Waals surface area contributed by atoms with Gasteiger partial charge in [0.1, 0.15) is 5.60 Å². The molecule has 2 rings (SSSR count).